The van der Waals surface area contributed by atoms with Gasteiger partial charge in [0.1, 0.15) is 11.8 Å². The number of anilines is 1. The van der Waals surface area contributed by atoms with Gasteiger partial charge in [-0.3, -0.25) is 4.79 Å². The fourth-order valence-corrected chi connectivity index (χ4v) is 4.71. The van der Waals surface area contributed by atoms with Crippen LogP contribution in [0.4, 0.5) is 5.69 Å². The summed E-state index contributed by atoms with van der Waals surface area (Å²) in [6.07, 6.45) is 2.22. The molecule has 1 saturated heterocycles. The van der Waals surface area contributed by atoms with Gasteiger partial charge in [0.05, 0.1) is 23.9 Å². The predicted octanol–water partition coefficient (Wildman–Crippen LogP) is 2.66. The monoisotopic (exact) mass is 368 g/mol. The highest BCUT2D eigenvalue weighted by molar-refractivity contribution is 7.18. The van der Waals surface area contributed by atoms with E-state index in [0.717, 1.165) is 41.3 Å². The Labute approximate surface area is 156 Å². The fraction of sp³-hybridized carbons (Fsp3) is 0.300. The molecule has 0 saturated carbocycles. The minimum absolute atomic E-state index is 0.0400. The first-order chi connectivity index (χ1) is 12.7. The first-order valence-electron chi connectivity index (χ1n) is 8.87. The number of benzene rings is 2. The lowest BCUT2D eigenvalue weighted by atomic mass is 10.2. The van der Waals surface area contributed by atoms with Crippen LogP contribution in [0.3, 0.4) is 0 Å². The van der Waals surface area contributed by atoms with Crippen LogP contribution in [0.1, 0.15) is 23.9 Å². The normalized spacial score (nSPS) is 19.6. The number of hydrogen-bond acceptors (Lipinski definition) is 4. The number of fused-ring (bicyclic) bond motifs is 1. The van der Waals surface area contributed by atoms with E-state index in [1.165, 1.54) is 9.60 Å². The van der Waals surface area contributed by atoms with Gasteiger partial charge in [0.25, 0.3) is 5.91 Å². The van der Waals surface area contributed by atoms with E-state index < -0.39 is 0 Å². The Bertz CT molecular complexity index is 874. The molecule has 6 heteroatoms. The van der Waals surface area contributed by atoms with Crippen molar-refractivity contribution in [3.05, 3.63) is 53.5 Å². The Kier molecular flexibility index (Phi) is 4.86. The van der Waals surface area contributed by atoms with Crippen LogP contribution in [0.5, 0.6) is 5.75 Å². The van der Waals surface area contributed by atoms with Crippen molar-refractivity contribution in [2.75, 3.05) is 25.5 Å². The van der Waals surface area contributed by atoms with Gasteiger partial charge in [0.2, 0.25) is 0 Å². The number of hydrogen-bond donors (Lipinski definition) is 2. The number of thiazole rings is 1. The summed E-state index contributed by atoms with van der Waals surface area (Å²) in [5, 5.41) is 4.14. The van der Waals surface area contributed by atoms with Crippen LogP contribution in [0, 0.1) is 0 Å². The molecule has 1 unspecified atom stereocenters. The van der Waals surface area contributed by atoms with E-state index in [2.05, 4.69) is 17.4 Å². The second-order valence-corrected chi connectivity index (χ2v) is 7.64. The molecule has 2 aromatic carbocycles. The summed E-state index contributed by atoms with van der Waals surface area (Å²) >= 11 is 1.76. The summed E-state index contributed by atoms with van der Waals surface area (Å²) in [5.74, 6) is 0.822. The van der Waals surface area contributed by atoms with Crippen LogP contribution in [-0.4, -0.2) is 31.1 Å². The lowest BCUT2D eigenvalue weighted by Crippen LogP contribution is -3.11. The number of carbonyl (C=O) groups is 1. The van der Waals surface area contributed by atoms with Crippen LogP contribution in [0.15, 0.2) is 48.5 Å². The van der Waals surface area contributed by atoms with E-state index in [1.54, 1.807) is 18.4 Å². The van der Waals surface area contributed by atoms with Gasteiger partial charge in [-0.25, -0.2) is 4.98 Å². The third-order valence-electron chi connectivity index (χ3n) is 4.85. The number of nitrogens with zero attached hydrogens (tertiary/aromatic N) is 1. The Morgan fingerprint density at radius 2 is 2.08 bits per heavy atom. The highest BCUT2D eigenvalue weighted by Gasteiger charge is 2.33. The van der Waals surface area contributed by atoms with Gasteiger partial charge in [-0.15, -0.1) is 11.3 Å². The van der Waals surface area contributed by atoms with E-state index in [0.29, 0.717) is 12.6 Å². The first kappa shape index (κ1) is 17.0. The molecular formula is C20H22N3O2S+. The van der Waals surface area contributed by atoms with Crippen molar-refractivity contribution < 1.29 is 14.4 Å². The van der Waals surface area contributed by atoms with E-state index in [-0.39, 0.29) is 5.91 Å². The molecule has 1 fully saturated rings. The number of carbonyl (C=O) groups excluding carboxylic acids is 1. The molecule has 0 aliphatic carbocycles. The van der Waals surface area contributed by atoms with E-state index >= 15 is 0 Å². The topological polar surface area (TPSA) is 55.7 Å². The summed E-state index contributed by atoms with van der Waals surface area (Å²) < 4.78 is 6.37. The average molecular weight is 368 g/mol. The number of rotatable bonds is 5. The molecule has 1 aliphatic rings. The number of amides is 1. The summed E-state index contributed by atoms with van der Waals surface area (Å²) in [6.45, 7) is 1.48. The number of nitrogens with one attached hydrogen (secondary N) is 2. The molecule has 134 valence electrons. The van der Waals surface area contributed by atoms with Crippen molar-refractivity contribution in [3.8, 4) is 5.75 Å². The van der Waals surface area contributed by atoms with Crippen molar-refractivity contribution in [3.63, 3.8) is 0 Å². The maximum absolute atomic E-state index is 12.5. The van der Waals surface area contributed by atoms with E-state index in [9.17, 15) is 4.79 Å². The van der Waals surface area contributed by atoms with Gasteiger partial charge < -0.3 is 15.0 Å². The summed E-state index contributed by atoms with van der Waals surface area (Å²) in [6, 6.07) is 16.0. The third kappa shape index (κ3) is 3.57. The third-order valence-corrected chi connectivity index (χ3v) is 6.00. The van der Waals surface area contributed by atoms with Crippen molar-refractivity contribution >= 4 is 33.1 Å². The maximum Gasteiger partial charge on any atom is 0.279 e. The smallest absolute Gasteiger partial charge is 0.279 e. The summed E-state index contributed by atoms with van der Waals surface area (Å²) in [7, 11) is 1.63. The zero-order chi connectivity index (χ0) is 17.9. The molecular weight excluding hydrogens is 346 g/mol. The van der Waals surface area contributed by atoms with Crippen molar-refractivity contribution in [2.24, 2.45) is 0 Å². The number of quaternary nitrogens is 1. The summed E-state index contributed by atoms with van der Waals surface area (Å²) in [5.41, 5.74) is 1.85. The molecule has 1 amide bonds. The Morgan fingerprint density at radius 3 is 2.85 bits per heavy atom. The van der Waals surface area contributed by atoms with Crippen LogP contribution in [-0.2, 0) is 4.79 Å². The second-order valence-electron chi connectivity index (χ2n) is 6.58. The number of methoxy groups -OCH3 is 1. The number of ether oxygens (including phenoxy) is 1. The fourth-order valence-electron chi connectivity index (χ4n) is 3.55. The highest BCUT2D eigenvalue weighted by Crippen LogP contribution is 2.28. The minimum Gasteiger partial charge on any atom is -0.497 e. The maximum atomic E-state index is 12.5. The molecule has 3 aromatic rings. The quantitative estimate of drug-likeness (QED) is 0.728. The minimum atomic E-state index is 0.0400. The molecule has 1 aromatic heterocycles. The van der Waals surface area contributed by atoms with Crippen LogP contribution >= 0.6 is 11.3 Å². The average Bonchev–Trinajstić information content (AvgIpc) is 3.28. The van der Waals surface area contributed by atoms with E-state index in [4.69, 9.17) is 9.72 Å². The zero-order valence-corrected chi connectivity index (χ0v) is 15.5. The zero-order valence-electron chi connectivity index (χ0n) is 14.7. The lowest BCUT2D eigenvalue weighted by Gasteiger charge is -2.19. The Hall–Kier alpha value is -2.44. The van der Waals surface area contributed by atoms with Crippen LogP contribution < -0.4 is 15.0 Å². The highest BCUT2D eigenvalue weighted by atomic mass is 32.1. The van der Waals surface area contributed by atoms with Gasteiger partial charge in [-0.1, -0.05) is 12.1 Å². The Balaban J connectivity index is 1.43. The van der Waals surface area contributed by atoms with E-state index in [1.807, 2.05) is 36.4 Å². The molecule has 4 rings (SSSR count). The SMILES string of the molecule is COc1ccc(NC(=O)C[NH+]2CCC[C@H]2c2nc3ccccc3s2)cc1. The van der Waals surface area contributed by atoms with Gasteiger partial charge in [-0.2, -0.15) is 0 Å². The number of aromatic nitrogens is 1. The molecule has 2 N–H and O–H groups in total. The number of para-hydroxylation sites is 1. The van der Waals surface area contributed by atoms with Gasteiger partial charge in [-0.05, 0) is 36.4 Å². The van der Waals surface area contributed by atoms with Crippen molar-refractivity contribution in [1.29, 1.82) is 0 Å². The van der Waals surface area contributed by atoms with Crippen molar-refractivity contribution in [1.82, 2.24) is 4.98 Å². The standard InChI is InChI=1S/C20H21N3O2S/c1-25-15-10-8-14(9-11-15)21-19(24)13-23-12-4-6-17(23)20-22-16-5-2-3-7-18(16)26-20/h2-3,5,7-11,17H,4,6,12-13H2,1H3,(H,21,24)/p+1/t17-/m0/s1. The molecule has 0 radical (unpaired) electrons. The Morgan fingerprint density at radius 1 is 1.27 bits per heavy atom. The molecule has 5 nitrogen and oxygen atoms in total. The molecule has 26 heavy (non-hydrogen) atoms. The molecule has 2 heterocycles. The number of likely N-dealkylation sites (tertiary alicyclic amines) is 1. The van der Waals surface area contributed by atoms with Gasteiger partial charge in [0.15, 0.2) is 11.6 Å². The van der Waals surface area contributed by atoms with Crippen LogP contribution in [0.2, 0.25) is 0 Å². The van der Waals surface area contributed by atoms with Gasteiger partial charge in [0, 0.05) is 18.5 Å². The summed E-state index contributed by atoms with van der Waals surface area (Å²) in [4.78, 5) is 18.6. The van der Waals surface area contributed by atoms with Crippen LogP contribution in [0.25, 0.3) is 10.2 Å². The molecule has 0 bridgehead atoms. The molecule has 0 spiro atoms. The second kappa shape index (κ2) is 7.43. The first-order valence-corrected chi connectivity index (χ1v) is 9.68. The largest absolute Gasteiger partial charge is 0.497 e. The molecule has 1 aliphatic heterocycles. The van der Waals surface area contributed by atoms with Gasteiger partial charge >= 0.3 is 0 Å². The van der Waals surface area contributed by atoms with Crippen molar-refractivity contribution in [2.45, 2.75) is 18.9 Å². The lowest BCUT2D eigenvalue weighted by molar-refractivity contribution is -0.910. The predicted molar refractivity (Wildman–Crippen MR) is 104 cm³/mol. The molecule has 2 atom stereocenters.